The molecule has 2 heterocycles. The van der Waals surface area contributed by atoms with Crippen LogP contribution in [0.1, 0.15) is 30.7 Å². The molecule has 0 aliphatic carbocycles. The molecule has 0 saturated carbocycles. The van der Waals surface area contributed by atoms with E-state index in [9.17, 15) is 0 Å². The number of hydrogen-bond donors (Lipinski definition) is 1. The van der Waals surface area contributed by atoms with E-state index in [2.05, 4.69) is 51.9 Å². The van der Waals surface area contributed by atoms with Gasteiger partial charge in [-0.3, -0.25) is 0 Å². The van der Waals surface area contributed by atoms with Crippen LogP contribution >= 0.6 is 15.9 Å². The minimum absolute atomic E-state index is 0.587. The van der Waals surface area contributed by atoms with Gasteiger partial charge in [-0.2, -0.15) is 0 Å². The van der Waals surface area contributed by atoms with Gasteiger partial charge in [0.1, 0.15) is 11.3 Å². The SMILES string of the molecule is Cc1cc(Br)c2nc(CC3CCCCN3)n(C)c2c1. The first-order valence-corrected chi connectivity index (χ1v) is 7.79. The van der Waals surface area contributed by atoms with Crippen LogP contribution in [0.5, 0.6) is 0 Å². The Morgan fingerprint density at radius 1 is 1.42 bits per heavy atom. The molecule has 1 fully saturated rings. The average molecular weight is 322 g/mol. The zero-order chi connectivity index (χ0) is 13.4. The van der Waals surface area contributed by atoms with Crippen molar-refractivity contribution in [1.29, 1.82) is 0 Å². The number of fused-ring (bicyclic) bond motifs is 1. The van der Waals surface area contributed by atoms with Gasteiger partial charge in [-0.1, -0.05) is 6.42 Å². The molecule has 0 spiro atoms. The fourth-order valence-electron chi connectivity index (χ4n) is 2.93. The molecule has 1 aliphatic rings. The lowest BCUT2D eigenvalue weighted by atomic mass is 10.0. The molecule has 1 aromatic heterocycles. The number of halogens is 1. The highest BCUT2D eigenvalue weighted by Crippen LogP contribution is 2.26. The van der Waals surface area contributed by atoms with Gasteiger partial charge in [0, 0.05) is 24.0 Å². The van der Waals surface area contributed by atoms with Crippen molar-refractivity contribution in [3.8, 4) is 0 Å². The van der Waals surface area contributed by atoms with E-state index in [1.54, 1.807) is 0 Å². The average Bonchev–Trinajstić information content (AvgIpc) is 2.69. The minimum atomic E-state index is 0.587. The van der Waals surface area contributed by atoms with Gasteiger partial charge in [-0.15, -0.1) is 0 Å². The van der Waals surface area contributed by atoms with Crippen molar-refractivity contribution in [2.45, 2.75) is 38.6 Å². The van der Waals surface area contributed by atoms with Gasteiger partial charge in [0.25, 0.3) is 0 Å². The lowest BCUT2D eigenvalue weighted by Gasteiger charge is -2.23. The predicted octanol–water partition coefficient (Wildman–Crippen LogP) is 3.33. The normalized spacial score (nSPS) is 20.1. The molecule has 0 amide bonds. The molecule has 3 rings (SSSR count). The highest BCUT2D eigenvalue weighted by Gasteiger charge is 2.17. The van der Waals surface area contributed by atoms with E-state index >= 15 is 0 Å². The topological polar surface area (TPSA) is 29.9 Å². The van der Waals surface area contributed by atoms with E-state index < -0.39 is 0 Å². The van der Waals surface area contributed by atoms with Crippen LogP contribution in [0.4, 0.5) is 0 Å². The Morgan fingerprint density at radius 3 is 3.00 bits per heavy atom. The molecule has 0 bridgehead atoms. The maximum absolute atomic E-state index is 4.82. The quantitative estimate of drug-likeness (QED) is 0.919. The summed E-state index contributed by atoms with van der Waals surface area (Å²) in [7, 11) is 2.12. The van der Waals surface area contributed by atoms with Gasteiger partial charge in [-0.05, 0) is 59.9 Å². The van der Waals surface area contributed by atoms with Crippen LogP contribution in [-0.2, 0) is 13.5 Å². The van der Waals surface area contributed by atoms with E-state index in [-0.39, 0.29) is 0 Å². The molecular formula is C15H20BrN3. The Morgan fingerprint density at radius 2 is 2.26 bits per heavy atom. The van der Waals surface area contributed by atoms with Gasteiger partial charge < -0.3 is 9.88 Å². The number of nitrogens with one attached hydrogen (secondary N) is 1. The third-order valence-electron chi connectivity index (χ3n) is 4.02. The van der Waals surface area contributed by atoms with Crippen LogP contribution in [0.25, 0.3) is 11.0 Å². The lowest BCUT2D eigenvalue weighted by Crippen LogP contribution is -2.36. The predicted molar refractivity (Wildman–Crippen MR) is 82.5 cm³/mol. The summed E-state index contributed by atoms with van der Waals surface area (Å²) in [5.74, 6) is 1.18. The van der Waals surface area contributed by atoms with Crippen molar-refractivity contribution in [1.82, 2.24) is 14.9 Å². The van der Waals surface area contributed by atoms with Crippen molar-refractivity contribution in [3.63, 3.8) is 0 Å². The van der Waals surface area contributed by atoms with Gasteiger partial charge in [-0.25, -0.2) is 4.98 Å². The summed E-state index contributed by atoms with van der Waals surface area (Å²) in [6.07, 6.45) is 4.94. The molecule has 2 aromatic rings. The third-order valence-corrected chi connectivity index (χ3v) is 4.62. The number of benzene rings is 1. The second-order valence-corrected chi connectivity index (χ2v) is 6.41. The van der Waals surface area contributed by atoms with E-state index in [1.807, 2.05) is 0 Å². The minimum Gasteiger partial charge on any atom is -0.331 e. The van der Waals surface area contributed by atoms with Crippen LogP contribution in [0.2, 0.25) is 0 Å². The van der Waals surface area contributed by atoms with Gasteiger partial charge >= 0.3 is 0 Å². The molecular weight excluding hydrogens is 302 g/mol. The van der Waals surface area contributed by atoms with E-state index in [4.69, 9.17) is 4.98 Å². The van der Waals surface area contributed by atoms with Crippen LogP contribution in [-0.4, -0.2) is 22.1 Å². The molecule has 1 N–H and O–H groups in total. The molecule has 4 heteroatoms. The summed E-state index contributed by atoms with van der Waals surface area (Å²) >= 11 is 3.63. The molecule has 1 atom stereocenters. The van der Waals surface area contributed by atoms with Crippen molar-refractivity contribution in [2.75, 3.05) is 6.54 Å². The Bertz CT molecular complexity index is 597. The highest BCUT2D eigenvalue weighted by molar-refractivity contribution is 9.10. The molecule has 1 aliphatic heterocycles. The van der Waals surface area contributed by atoms with Crippen LogP contribution < -0.4 is 5.32 Å². The van der Waals surface area contributed by atoms with Crippen molar-refractivity contribution >= 4 is 27.0 Å². The number of piperidine rings is 1. The number of rotatable bonds is 2. The van der Waals surface area contributed by atoms with E-state index in [0.29, 0.717) is 6.04 Å². The molecule has 1 aromatic carbocycles. The molecule has 0 radical (unpaired) electrons. The summed E-state index contributed by atoms with van der Waals surface area (Å²) in [5.41, 5.74) is 3.57. The van der Waals surface area contributed by atoms with Gasteiger partial charge in [0.15, 0.2) is 0 Å². The number of nitrogens with zero attached hydrogens (tertiary/aromatic N) is 2. The molecule has 1 saturated heterocycles. The van der Waals surface area contributed by atoms with Crippen LogP contribution in [0, 0.1) is 6.92 Å². The second kappa shape index (κ2) is 5.25. The first-order valence-electron chi connectivity index (χ1n) is 7.00. The Balaban J connectivity index is 1.95. The van der Waals surface area contributed by atoms with E-state index in [0.717, 1.165) is 23.0 Å². The summed E-state index contributed by atoms with van der Waals surface area (Å²) in [6, 6.07) is 4.94. The number of aryl methyl sites for hydroxylation is 2. The van der Waals surface area contributed by atoms with Crippen LogP contribution in [0.3, 0.4) is 0 Å². The largest absolute Gasteiger partial charge is 0.331 e. The molecule has 3 nitrogen and oxygen atoms in total. The zero-order valence-corrected chi connectivity index (χ0v) is 13.1. The lowest BCUT2D eigenvalue weighted by molar-refractivity contribution is 0.392. The summed E-state index contributed by atoms with van der Waals surface area (Å²) in [5, 5.41) is 3.60. The molecule has 19 heavy (non-hydrogen) atoms. The summed E-state index contributed by atoms with van der Waals surface area (Å²) in [6.45, 7) is 3.27. The monoisotopic (exact) mass is 321 g/mol. The van der Waals surface area contributed by atoms with Crippen molar-refractivity contribution < 1.29 is 0 Å². The fraction of sp³-hybridized carbons (Fsp3) is 0.533. The molecule has 102 valence electrons. The Hall–Kier alpha value is -0.870. The number of imidazole rings is 1. The Kier molecular flexibility index (Phi) is 3.63. The summed E-state index contributed by atoms with van der Waals surface area (Å²) < 4.78 is 3.34. The zero-order valence-electron chi connectivity index (χ0n) is 11.5. The third kappa shape index (κ3) is 2.56. The van der Waals surface area contributed by atoms with E-state index in [1.165, 1.54) is 36.2 Å². The number of aromatic nitrogens is 2. The fourth-order valence-corrected chi connectivity index (χ4v) is 3.58. The maximum Gasteiger partial charge on any atom is 0.111 e. The number of hydrogen-bond acceptors (Lipinski definition) is 2. The summed E-state index contributed by atoms with van der Waals surface area (Å²) in [4.78, 5) is 4.82. The first kappa shape index (κ1) is 13.1. The maximum atomic E-state index is 4.82. The molecule has 1 unspecified atom stereocenters. The Labute approximate surface area is 122 Å². The van der Waals surface area contributed by atoms with Crippen molar-refractivity contribution in [2.24, 2.45) is 7.05 Å². The standard InChI is InChI=1S/C15H20BrN3/c1-10-7-12(16)15-13(8-10)19(2)14(18-15)9-11-5-3-4-6-17-11/h7-8,11,17H,3-6,9H2,1-2H3. The van der Waals surface area contributed by atoms with Gasteiger partial charge in [0.2, 0.25) is 0 Å². The highest BCUT2D eigenvalue weighted by atomic mass is 79.9. The van der Waals surface area contributed by atoms with Gasteiger partial charge in [0.05, 0.1) is 5.52 Å². The first-order chi connectivity index (χ1) is 9.15. The smallest absolute Gasteiger partial charge is 0.111 e. The second-order valence-electron chi connectivity index (χ2n) is 5.55. The van der Waals surface area contributed by atoms with Crippen molar-refractivity contribution in [3.05, 3.63) is 28.0 Å². The van der Waals surface area contributed by atoms with Crippen LogP contribution in [0.15, 0.2) is 16.6 Å².